The second-order valence-electron chi connectivity index (χ2n) is 5.30. The Bertz CT molecular complexity index is 454. The average molecular weight is 270 g/mol. The molecular weight excluding hydrogens is 250 g/mol. The average Bonchev–Trinajstić information content (AvgIpc) is 2.37. The third-order valence-corrected chi connectivity index (χ3v) is 4.52. The second kappa shape index (κ2) is 4.98. The summed E-state index contributed by atoms with van der Waals surface area (Å²) in [6.07, 6.45) is 5.48. The van der Waals surface area contributed by atoms with Gasteiger partial charge in [-0.1, -0.05) is 30.9 Å². The van der Waals surface area contributed by atoms with Crippen LogP contribution < -0.4 is 5.73 Å². The van der Waals surface area contributed by atoms with Crippen LogP contribution in [0, 0.1) is 6.92 Å². The van der Waals surface area contributed by atoms with E-state index in [1.165, 1.54) is 6.42 Å². The van der Waals surface area contributed by atoms with Crippen molar-refractivity contribution in [3.8, 4) is 11.5 Å². The second-order valence-corrected chi connectivity index (χ2v) is 5.67. The van der Waals surface area contributed by atoms with Crippen molar-refractivity contribution in [1.29, 1.82) is 0 Å². The van der Waals surface area contributed by atoms with Crippen LogP contribution in [0.3, 0.4) is 0 Å². The summed E-state index contributed by atoms with van der Waals surface area (Å²) in [5, 5.41) is 19.7. The largest absolute Gasteiger partial charge is 0.504 e. The Morgan fingerprint density at radius 3 is 2.44 bits per heavy atom. The summed E-state index contributed by atoms with van der Waals surface area (Å²) in [5.41, 5.74) is 7.67. The summed E-state index contributed by atoms with van der Waals surface area (Å²) < 4.78 is 0. The highest BCUT2D eigenvalue weighted by Crippen LogP contribution is 2.48. The molecule has 0 heterocycles. The molecule has 1 fully saturated rings. The van der Waals surface area contributed by atoms with Crippen LogP contribution in [0.1, 0.15) is 43.2 Å². The zero-order valence-electron chi connectivity index (χ0n) is 10.7. The van der Waals surface area contributed by atoms with Crippen molar-refractivity contribution in [2.75, 3.05) is 6.54 Å². The lowest BCUT2D eigenvalue weighted by molar-refractivity contribution is 0.298. The number of hydrogen-bond donors (Lipinski definition) is 3. The van der Waals surface area contributed by atoms with Gasteiger partial charge in [0.25, 0.3) is 0 Å². The summed E-state index contributed by atoms with van der Waals surface area (Å²) in [6.45, 7) is 2.43. The molecular formula is C14H20ClNO2. The first-order valence-corrected chi connectivity index (χ1v) is 6.81. The molecule has 1 aromatic rings. The Morgan fingerprint density at radius 1 is 1.28 bits per heavy atom. The van der Waals surface area contributed by atoms with Crippen LogP contribution in [0.25, 0.3) is 0 Å². The van der Waals surface area contributed by atoms with Gasteiger partial charge in [-0.25, -0.2) is 0 Å². The number of halogens is 1. The maximum atomic E-state index is 9.83. The van der Waals surface area contributed by atoms with E-state index in [-0.39, 0.29) is 21.9 Å². The predicted octanol–water partition coefficient (Wildman–Crippen LogP) is 3.22. The quantitative estimate of drug-likeness (QED) is 0.722. The van der Waals surface area contributed by atoms with Crippen LogP contribution in [-0.2, 0) is 5.41 Å². The fraction of sp³-hybridized carbons (Fsp3) is 0.571. The molecule has 0 spiro atoms. The number of benzene rings is 1. The summed E-state index contributed by atoms with van der Waals surface area (Å²) in [7, 11) is 0. The van der Waals surface area contributed by atoms with E-state index in [9.17, 15) is 10.2 Å². The van der Waals surface area contributed by atoms with Crippen LogP contribution in [0.15, 0.2) is 6.07 Å². The van der Waals surface area contributed by atoms with Gasteiger partial charge in [0.1, 0.15) is 0 Å². The van der Waals surface area contributed by atoms with E-state index in [0.717, 1.165) is 36.8 Å². The minimum Gasteiger partial charge on any atom is -0.504 e. The smallest absolute Gasteiger partial charge is 0.176 e. The molecule has 1 aromatic carbocycles. The van der Waals surface area contributed by atoms with Crippen molar-refractivity contribution in [2.45, 2.75) is 44.4 Å². The number of aromatic hydroxyl groups is 2. The topological polar surface area (TPSA) is 66.5 Å². The van der Waals surface area contributed by atoms with Crippen molar-refractivity contribution in [3.05, 3.63) is 22.2 Å². The zero-order valence-corrected chi connectivity index (χ0v) is 11.4. The monoisotopic (exact) mass is 269 g/mol. The summed E-state index contributed by atoms with van der Waals surface area (Å²) in [6, 6.07) is 1.57. The Morgan fingerprint density at radius 2 is 1.89 bits per heavy atom. The Labute approximate surface area is 113 Å². The highest BCUT2D eigenvalue weighted by Gasteiger charge is 2.36. The molecule has 0 aromatic heterocycles. The molecule has 1 aliphatic rings. The summed E-state index contributed by atoms with van der Waals surface area (Å²) >= 11 is 6.24. The van der Waals surface area contributed by atoms with Gasteiger partial charge in [-0.2, -0.15) is 0 Å². The van der Waals surface area contributed by atoms with Gasteiger partial charge >= 0.3 is 0 Å². The minimum absolute atomic E-state index is 0.148. The molecule has 4 heteroatoms. The fourth-order valence-corrected chi connectivity index (χ4v) is 3.63. The van der Waals surface area contributed by atoms with Crippen LogP contribution in [0.5, 0.6) is 11.5 Å². The molecule has 0 amide bonds. The lowest BCUT2D eigenvalue weighted by Crippen LogP contribution is -2.38. The van der Waals surface area contributed by atoms with Gasteiger partial charge in [-0.15, -0.1) is 0 Å². The predicted molar refractivity (Wildman–Crippen MR) is 73.3 cm³/mol. The first-order valence-electron chi connectivity index (χ1n) is 6.43. The van der Waals surface area contributed by atoms with E-state index in [4.69, 9.17) is 17.3 Å². The standard InChI is InChI=1S/C14H20ClNO2/c1-9-7-10(17)13(18)12(15)11(9)14(8-16)5-3-2-4-6-14/h7,17-18H,2-6,8,16H2,1H3. The van der Waals surface area contributed by atoms with Gasteiger partial charge in [-0.3, -0.25) is 0 Å². The highest BCUT2D eigenvalue weighted by atomic mass is 35.5. The number of nitrogens with two attached hydrogens (primary N) is 1. The van der Waals surface area contributed by atoms with Crippen molar-refractivity contribution in [1.82, 2.24) is 0 Å². The zero-order chi connectivity index (χ0) is 13.3. The van der Waals surface area contributed by atoms with Gasteiger partial charge in [0.2, 0.25) is 0 Å². The number of phenols is 2. The molecule has 18 heavy (non-hydrogen) atoms. The van der Waals surface area contributed by atoms with Crippen molar-refractivity contribution >= 4 is 11.6 Å². The van der Waals surface area contributed by atoms with Gasteiger partial charge in [0, 0.05) is 12.0 Å². The van der Waals surface area contributed by atoms with Crippen molar-refractivity contribution < 1.29 is 10.2 Å². The Balaban J connectivity index is 2.58. The summed E-state index contributed by atoms with van der Waals surface area (Å²) in [5.74, 6) is -0.389. The lowest BCUT2D eigenvalue weighted by atomic mass is 9.68. The van der Waals surface area contributed by atoms with Crippen LogP contribution >= 0.6 is 11.6 Å². The first-order chi connectivity index (χ1) is 8.52. The van der Waals surface area contributed by atoms with Gasteiger partial charge in [-0.05, 0) is 37.0 Å². The fourth-order valence-electron chi connectivity index (χ4n) is 3.19. The van der Waals surface area contributed by atoms with E-state index in [2.05, 4.69) is 0 Å². The van der Waals surface area contributed by atoms with Crippen LogP contribution in [-0.4, -0.2) is 16.8 Å². The third-order valence-electron chi connectivity index (χ3n) is 4.15. The molecule has 0 saturated heterocycles. The van der Waals surface area contributed by atoms with Gasteiger partial charge in [0.05, 0.1) is 5.02 Å². The van der Waals surface area contributed by atoms with Crippen molar-refractivity contribution in [3.63, 3.8) is 0 Å². The molecule has 1 aliphatic carbocycles. The van der Waals surface area contributed by atoms with E-state index in [0.29, 0.717) is 6.54 Å². The van der Waals surface area contributed by atoms with Gasteiger partial charge in [0.15, 0.2) is 11.5 Å². The Hall–Kier alpha value is -0.930. The number of phenolic OH excluding ortho intramolecular Hbond substituents is 2. The van der Waals surface area contributed by atoms with E-state index in [1.54, 1.807) is 6.07 Å². The molecule has 0 aliphatic heterocycles. The molecule has 4 N–H and O–H groups in total. The number of rotatable bonds is 2. The maximum absolute atomic E-state index is 9.83. The van der Waals surface area contributed by atoms with Crippen LogP contribution in [0.4, 0.5) is 0 Å². The molecule has 0 atom stereocenters. The van der Waals surface area contributed by atoms with Crippen LogP contribution in [0.2, 0.25) is 5.02 Å². The lowest BCUT2D eigenvalue weighted by Gasteiger charge is -2.38. The third kappa shape index (κ3) is 2.06. The molecule has 3 nitrogen and oxygen atoms in total. The van der Waals surface area contributed by atoms with Crippen molar-refractivity contribution in [2.24, 2.45) is 5.73 Å². The molecule has 0 unspecified atom stereocenters. The van der Waals surface area contributed by atoms with Gasteiger partial charge < -0.3 is 15.9 Å². The highest BCUT2D eigenvalue weighted by molar-refractivity contribution is 6.33. The molecule has 1 saturated carbocycles. The number of aryl methyl sites for hydroxylation is 1. The molecule has 0 radical (unpaired) electrons. The SMILES string of the molecule is Cc1cc(O)c(O)c(Cl)c1C1(CN)CCCCC1. The molecule has 0 bridgehead atoms. The molecule has 100 valence electrons. The summed E-state index contributed by atoms with van der Waals surface area (Å²) in [4.78, 5) is 0. The first kappa shape index (κ1) is 13.5. The van der Waals surface area contributed by atoms with E-state index < -0.39 is 0 Å². The normalized spacial score (nSPS) is 18.8. The Kier molecular flexibility index (Phi) is 3.74. The van der Waals surface area contributed by atoms with E-state index in [1.807, 2.05) is 6.92 Å². The molecule has 2 rings (SSSR count). The maximum Gasteiger partial charge on any atom is 0.176 e. The minimum atomic E-state index is -0.226. The number of hydrogen-bond acceptors (Lipinski definition) is 3. The van der Waals surface area contributed by atoms with E-state index >= 15 is 0 Å².